The summed E-state index contributed by atoms with van der Waals surface area (Å²) in [7, 11) is 0. The standard InChI is InChI=1S/C15H24O6/c1-14(2,3)12(17)19-8-10-9(7-11(16)20-10)21-13(18)15(4,5)6/h9-10H,7-8H2,1-6H3/t9-,10+/m0/s1. The van der Waals surface area contributed by atoms with Crippen LogP contribution < -0.4 is 0 Å². The number of carbonyl (C=O) groups excluding carboxylic acids is 3. The summed E-state index contributed by atoms with van der Waals surface area (Å²) in [6, 6.07) is 0. The fourth-order valence-corrected chi connectivity index (χ4v) is 1.54. The van der Waals surface area contributed by atoms with E-state index in [2.05, 4.69) is 0 Å². The Labute approximate surface area is 125 Å². The van der Waals surface area contributed by atoms with Gasteiger partial charge < -0.3 is 14.2 Å². The van der Waals surface area contributed by atoms with Crippen molar-refractivity contribution in [2.24, 2.45) is 10.8 Å². The van der Waals surface area contributed by atoms with Crippen molar-refractivity contribution in [1.29, 1.82) is 0 Å². The van der Waals surface area contributed by atoms with Gasteiger partial charge >= 0.3 is 17.9 Å². The molecule has 0 saturated carbocycles. The normalized spacial score (nSPS) is 22.7. The van der Waals surface area contributed by atoms with E-state index in [1.54, 1.807) is 41.5 Å². The Morgan fingerprint density at radius 2 is 1.62 bits per heavy atom. The molecule has 0 radical (unpaired) electrons. The van der Waals surface area contributed by atoms with Gasteiger partial charge in [-0.3, -0.25) is 14.4 Å². The smallest absolute Gasteiger partial charge is 0.311 e. The lowest BCUT2D eigenvalue weighted by Crippen LogP contribution is -2.36. The van der Waals surface area contributed by atoms with Crippen LogP contribution in [0.1, 0.15) is 48.0 Å². The van der Waals surface area contributed by atoms with Crippen molar-refractivity contribution in [2.75, 3.05) is 6.61 Å². The molecular weight excluding hydrogens is 276 g/mol. The molecule has 0 aliphatic carbocycles. The lowest BCUT2D eigenvalue weighted by atomic mass is 9.97. The van der Waals surface area contributed by atoms with Crippen LogP contribution in [0.25, 0.3) is 0 Å². The predicted octanol–water partition coefficient (Wildman–Crippen LogP) is 1.85. The van der Waals surface area contributed by atoms with Gasteiger partial charge in [0.05, 0.1) is 17.3 Å². The molecule has 6 heteroatoms. The minimum absolute atomic E-state index is 0.0143. The zero-order valence-electron chi connectivity index (χ0n) is 13.5. The predicted molar refractivity (Wildman–Crippen MR) is 74.2 cm³/mol. The van der Waals surface area contributed by atoms with Crippen molar-refractivity contribution >= 4 is 17.9 Å². The first kappa shape index (κ1) is 17.5. The number of hydrogen-bond donors (Lipinski definition) is 0. The fraction of sp³-hybridized carbons (Fsp3) is 0.800. The van der Waals surface area contributed by atoms with Gasteiger partial charge in [0.15, 0.2) is 12.2 Å². The molecule has 0 aromatic rings. The second kappa shape index (κ2) is 6.03. The summed E-state index contributed by atoms with van der Waals surface area (Å²) >= 11 is 0. The molecule has 1 aliphatic rings. The highest BCUT2D eigenvalue weighted by molar-refractivity contribution is 5.78. The molecule has 1 rings (SSSR count). The van der Waals surface area contributed by atoms with Gasteiger partial charge in [-0.25, -0.2) is 0 Å². The van der Waals surface area contributed by atoms with Crippen LogP contribution in [0.4, 0.5) is 0 Å². The van der Waals surface area contributed by atoms with Crippen LogP contribution >= 0.6 is 0 Å². The van der Waals surface area contributed by atoms with Gasteiger partial charge in [-0.2, -0.15) is 0 Å². The van der Waals surface area contributed by atoms with Crippen molar-refractivity contribution in [1.82, 2.24) is 0 Å². The number of hydrogen-bond acceptors (Lipinski definition) is 6. The summed E-state index contributed by atoms with van der Waals surface area (Å²) in [5.74, 6) is -1.28. The van der Waals surface area contributed by atoms with Crippen molar-refractivity contribution in [3.8, 4) is 0 Å². The average Bonchev–Trinajstić information content (AvgIpc) is 2.63. The van der Waals surface area contributed by atoms with Gasteiger partial charge in [-0.1, -0.05) is 0 Å². The first-order chi connectivity index (χ1) is 9.41. The van der Waals surface area contributed by atoms with Crippen LogP contribution in [0.15, 0.2) is 0 Å². The van der Waals surface area contributed by atoms with Gasteiger partial charge in [0, 0.05) is 0 Å². The maximum absolute atomic E-state index is 11.9. The third kappa shape index (κ3) is 5.02. The minimum atomic E-state index is -0.741. The van der Waals surface area contributed by atoms with Crippen LogP contribution in [0, 0.1) is 10.8 Å². The molecule has 0 amide bonds. The monoisotopic (exact) mass is 300 g/mol. The minimum Gasteiger partial charge on any atom is -0.461 e. The molecule has 0 N–H and O–H groups in total. The van der Waals surface area contributed by atoms with Crippen LogP contribution in [-0.4, -0.2) is 36.7 Å². The first-order valence-corrected chi connectivity index (χ1v) is 6.99. The van der Waals surface area contributed by atoms with Crippen molar-refractivity contribution in [2.45, 2.75) is 60.2 Å². The number of ether oxygens (including phenoxy) is 3. The molecule has 120 valence electrons. The number of carbonyl (C=O) groups is 3. The second-order valence-electron chi connectivity index (χ2n) is 7.27. The fourth-order valence-electron chi connectivity index (χ4n) is 1.54. The summed E-state index contributed by atoms with van der Waals surface area (Å²) in [6.07, 6.45) is -1.47. The summed E-state index contributed by atoms with van der Waals surface area (Å²) < 4.78 is 15.5. The van der Waals surface area contributed by atoms with Gasteiger partial charge in [-0.05, 0) is 41.5 Å². The number of cyclic esters (lactones) is 1. The number of rotatable bonds is 3. The van der Waals surface area contributed by atoms with Crippen molar-refractivity contribution in [3.05, 3.63) is 0 Å². The van der Waals surface area contributed by atoms with E-state index in [0.29, 0.717) is 0 Å². The topological polar surface area (TPSA) is 78.9 Å². The Kier molecular flexibility index (Phi) is 5.02. The van der Waals surface area contributed by atoms with Gasteiger partial charge in [-0.15, -0.1) is 0 Å². The maximum Gasteiger partial charge on any atom is 0.311 e. The molecule has 6 nitrogen and oxygen atoms in total. The van der Waals surface area contributed by atoms with Crippen LogP contribution in [-0.2, 0) is 28.6 Å². The second-order valence-corrected chi connectivity index (χ2v) is 7.27. The van der Waals surface area contributed by atoms with Crippen molar-refractivity contribution in [3.63, 3.8) is 0 Å². The molecule has 0 aromatic heterocycles. The molecule has 1 saturated heterocycles. The summed E-state index contributed by atoms with van der Waals surface area (Å²) in [5, 5.41) is 0. The van der Waals surface area contributed by atoms with Crippen molar-refractivity contribution < 1.29 is 28.6 Å². The Hall–Kier alpha value is -1.59. The van der Waals surface area contributed by atoms with Crippen LogP contribution in [0.3, 0.4) is 0 Å². The highest BCUT2D eigenvalue weighted by atomic mass is 16.6. The zero-order valence-corrected chi connectivity index (χ0v) is 13.5. The maximum atomic E-state index is 11.9. The molecule has 21 heavy (non-hydrogen) atoms. The van der Waals surface area contributed by atoms with E-state index in [9.17, 15) is 14.4 Å². The van der Waals surface area contributed by atoms with E-state index in [1.165, 1.54) is 0 Å². The highest BCUT2D eigenvalue weighted by Gasteiger charge is 2.41. The Balaban J connectivity index is 2.62. The van der Waals surface area contributed by atoms with E-state index in [4.69, 9.17) is 14.2 Å². The van der Waals surface area contributed by atoms with E-state index in [1.807, 2.05) is 0 Å². The van der Waals surface area contributed by atoms with Gasteiger partial charge in [0.2, 0.25) is 0 Å². The lowest BCUT2D eigenvalue weighted by molar-refractivity contribution is -0.168. The molecule has 0 unspecified atom stereocenters. The Morgan fingerprint density at radius 1 is 1.10 bits per heavy atom. The Bertz CT molecular complexity index is 426. The zero-order chi connectivity index (χ0) is 16.4. The third-order valence-electron chi connectivity index (χ3n) is 2.93. The molecular formula is C15H24O6. The molecule has 0 spiro atoms. The van der Waals surface area contributed by atoms with E-state index in [0.717, 1.165) is 0 Å². The average molecular weight is 300 g/mol. The molecule has 2 atom stereocenters. The third-order valence-corrected chi connectivity index (χ3v) is 2.93. The quantitative estimate of drug-likeness (QED) is 0.584. The van der Waals surface area contributed by atoms with Gasteiger partial charge in [0.25, 0.3) is 0 Å². The number of esters is 3. The summed E-state index contributed by atoms with van der Waals surface area (Å²) in [6.45, 7) is 10.3. The van der Waals surface area contributed by atoms with E-state index < -0.39 is 40.9 Å². The van der Waals surface area contributed by atoms with Crippen LogP contribution in [0.2, 0.25) is 0 Å². The Morgan fingerprint density at radius 3 is 2.10 bits per heavy atom. The van der Waals surface area contributed by atoms with E-state index in [-0.39, 0.29) is 13.0 Å². The molecule has 0 bridgehead atoms. The summed E-state index contributed by atoms with van der Waals surface area (Å²) in [5.41, 5.74) is -1.31. The van der Waals surface area contributed by atoms with Crippen LogP contribution in [0.5, 0.6) is 0 Å². The highest BCUT2D eigenvalue weighted by Crippen LogP contribution is 2.24. The molecule has 1 fully saturated rings. The molecule has 1 heterocycles. The SMILES string of the molecule is CC(C)(C)C(=O)OC[C@H]1OC(=O)C[C@@H]1OC(=O)C(C)(C)C. The first-order valence-electron chi connectivity index (χ1n) is 6.99. The van der Waals surface area contributed by atoms with Gasteiger partial charge in [0.1, 0.15) is 6.61 Å². The lowest BCUT2D eigenvalue weighted by Gasteiger charge is -2.24. The largest absolute Gasteiger partial charge is 0.461 e. The van der Waals surface area contributed by atoms with E-state index >= 15 is 0 Å². The molecule has 0 aromatic carbocycles. The summed E-state index contributed by atoms with van der Waals surface area (Å²) in [4.78, 5) is 35.0. The molecule has 1 aliphatic heterocycles.